The molecular formula is C24H18F3N5. The standard InChI is InChI=1S/C24H18F3N5/c1-15-18(11-28)9-20(19-12-30-32(13-19)14-23(6-7-23)24(25,26)27)22(31-15)17-5-4-16-3-2-8-29-21(16)10-17/h2-5,8-10,12-13H,6-7,14H2,1H3. The highest BCUT2D eigenvalue weighted by molar-refractivity contribution is 5.88. The monoisotopic (exact) mass is 433 g/mol. The Hall–Kier alpha value is -3.73. The summed E-state index contributed by atoms with van der Waals surface area (Å²) in [7, 11) is 0. The minimum atomic E-state index is -4.25. The highest BCUT2D eigenvalue weighted by Gasteiger charge is 2.63. The molecule has 0 spiro atoms. The van der Waals surface area contributed by atoms with Crippen molar-refractivity contribution >= 4 is 10.9 Å². The summed E-state index contributed by atoms with van der Waals surface area (Å²) in [6, 6.07) is 13.5. The normalized spacial score (nSPS) is 15.0. The molecule has 1 saturated carbocycles. The molecule has 0 saturated heterocycles. The maximum atomic E-state index is 13.4. The van der Waals surface area contributed by atoms with Crippen LogP contribution in [0.15, 0.2) is 55.0 Å². The van der Waals surface area contributed by atoms with Gasteiger partial charge in [-0.05, 0) is 38.0 Å². The van der Waals surface area contributed by atoms with Crippen molar-refractivity contribution in [2.24, 2.45) is 5.41 Å². The summed E-state index contributed by atoms with van der Waals surface area (Å²) < 4.78 is 41.5. The van der Waals surface area contributed by atoms with Gasteiger partial charge in [0.2, 0.25) is 0 Å². The molecule has 5 rings (SSSR count). The first-order valence-electron chi connectivity index (χ1n) is 10.2. The number of benzene rings is 1. The summed E-state index contributed by atoms with van der Waals surface area (Å²) in [5.74, 6) is 0. The van der Waals surface area contributed by atoms with E-state index in [0.29, 0.717) is 28.1 Å². The Bertz CT molecular complexity index is 1380. The molecule has 1 aliphatic carbocycles. The average molecular weight is 433 g/mol. The van der Waals surface area contributed by atoms with Gasteiger partial charge in [-0.3, -0.25) is 14.6 Å². The molecule has 0 unspecified atom stereocenters. The van der Waals surface area contributed by atoms with E-state index in [9.17, 15) is 18.4 Å². The number of fused-ring (bicyclic) bond motifs is 1. The zero-order valence-electron chi connectivity index (χ0n) is 17.2. The number of halogens is 3. The zero-order chi connectivity index (χ0) is 22.5. The van der Waals surface area contributed by atoms with Crippen molar-refractivity contribution in [1.82, 2.24) is 19.7 Å². The smallest absolute Gasteiger partial charge is 0.271 e. The molecule has 160 valence electrons. The summed E-state index contributed by atoms with van der Waals surface area (Å²) in [4.78, 5) is 9.06. The Morgan fingerprint density at radius 1 is 1.16 bits per heavy atom. The van der Waals surface area contributed by atoms with Gasteiger partial charge >= 0.3 is 6.18 Å². The molecule has 5 nitrogen and oxygen atoms in total. The number of hydrogen-bond acceptors (Lipinski definition) is 4. The van der Waals surface area contributed by atoms with E-state index in [1.54, 1.807) is 25.4 Å². The molecule has 1 aromatic carbocycles. The fraction of sp³-hybridized carbons (Fsp3) is 0.250. The molecule has 32 heavy (non-hydrogen) atoms. The van der Waals surface area contributed by atoms with Gasteiger partial charge in [0.15, 0.2) is 0 Å². The SMILES string of the molecule is Cc1nc(-c2ccc3cccnc3c2)c(-c2cnn(CC3(C(F)(F)F)CC3)c2)cc1C#N. The second kappa shape index (κ2) is 7.16. The van der Waals surface area contributed by atoms with Crippen LogP contribution in [0.2, 0.25) is 0 Å². The highest BCUT2D eigenvalue weighted by Crippen LogP contribution is 2.58. The van der Waals surface area contributed by atoms with Gasteiger partial charge in [0.05, 0.1) is 40.6 Å². The number of nitriles is 1. The van der Waals surface area contributed by atoms with Crippen LogP contribution in [0, 0.1) is 23.7 Å². The van der Waals surface area contributed by atoms with Gasteiger partial charge in [-0.25, -0.2) is 0 Å². The fourth-order valence-electron chi connectivity index (χ4n) is 3.95. The first kappa shape index (κ1) is 20.2. The molecule has 0 aliphatic heterocycles. The molecule has 1 aliphatic rings. The van der Waals surface area contributed by atoms with Gasteiger partial charge in [-0.15, -0.1) is 0 Å². The number of aryl methyl sites for hydroxylation is 1. The second-order valence-corrected chi connectivity index (χ2v) is 8.24. The third-order valence-electron chi connectivity index (χ3n) is 6.08. The average Bonchev–Trinajstić information content (AvgIpc) is 3.43. The van der Waals surface area contributed by atoms with Crippen LogP contribution in [-0.4, -0.2) is 25.9 Å². The largest absolute Gasteiger partial charge is 0.396 e. The van der Waals surface area contributed by atoms with E-state index in [1.807, 2.05) is 30.3 Å². The van der Waals surface area contributed by atoms with Gasteiger partial charge in [0.1, 0.15) is 6.07 Å². The molecule has 3 heterocycles. The van der Waals surface area contributed by atoms with Crippen LogP contribution in [0.1, 0.15) is 24.1 Å². The molecule has 8 heteroatoms. The summed E-state index contributed by atoms with van der Waals surface area (Å²) in [5, 5.41) is 14.7. The Morgan fingerprint density at radius 2 is 1.97 bits per heavy atom. The lowest BCUT2D eigenvalue weighted by molar-refractivity contribution is -0.191. The van der Waals surface area contributed by atoms with Crippen LogP contribution >= 0.6 is 0 Å². The van der Waals surface area contributed by atoms with E-state index in [4.69, 9.17) is 0 Å². The maximum absolute atomic E-state index is 13.4. The molecule has 0 radical (unpaired) electrons. The van der Waals surface area contributed by atoms with Crippen LogP contribution in [0.25, 0.3) is 33.3 Å². The van der Waals surface area contributed by atoms with E-state index < -0.39 is 11.6 Å². The van der Waals surface area contributed by atoms with E-state index in [0.717, 1.165) is 16.5 Å². The van der Waals surface area contributed by atoms with Crippen LogP contribution < -0.4 is 0 Å². The van der Waals surface area contributed by atoms with Gasteiger partial charge in [0, 0.05) is 34.5 Å². The fourth-order valence-corrected chi connectivity index (χ4v) is 3.95. The van der Waals surface area contributed by atoms with Crippen molar-refractivity contribution in [2.75, 3.05) is 0 Å². The maximum Gasteiger partial charge on any atom is 0.396 e. The van der Waals surface area contributed by atoms with Gasteiger partial charge in [-0.1, -0.05) is 18.2 Å². The van der Waals surface area contributed by atoms with E-state index in [2.05, 4.69) is 21.1 Å². The van der Waals surface area contributed by atoms with Crippen molar-refractivity contribution in [3.63, 3.8) is 0 Å². The quantitative estimate of drug-likeness (QED) is 0.415. The third-order valence-corrected chi connectivity index (χ3v) is 6.08. The minimum absolute atomic E-state index is 0.117. The summed E-state index contributed by atoms with van der Waals surface area (Å²) in [6.07, 6.45) is 0.826. The van der Waals surface area contributed by atoms with Crippen molar-refractivity contribution in [3.8, 4) is 28.5 Å². The van der Waals surface area contributed by atoms with Crippen molar-refractivity contribution < 1.29 is 13.2 Å². The van der Waals surface area contributed by atoms with E-state index in [-0.39, 0.29) is 19.4 Å². The lowest BCUT2D eigenvalue weighted by atomic mass is 9.98. The van der Waals surface area contributed by atoms with Crippen LogP contribution in [-0.2, 0) is 6.54 Å². The van der Waals surface area contributed by atoms with Crippen LogP contribution in [0.3, 0.4) is 0 Å². The first-order valence-corrected chi connectivity index (χ1v) is 10.2. The molecule has 4 aromatic rings. The zero-order valence-corrected chi connectivity index (χ0v) is 17.2. The highest BCUT2D eigenvalue weighted by atomic mass is 19.4. The molecule has 0 atom stereocenters. The van der Waals surface area contributed by atoms with Crippen LogP contribution in [0.4, 0.5) is 13.2 Å². The Morgan fingerprint density at radius 3 is 2.69 bits per heavy atom. The van der Waals surface area contributed by atoms with E-state index >= 15 is 0 Å². The van der Waals surface area contributed by atoms with Gasteiger partial charge in [-0.2, -0.15) is 23.5 Å². The first-order chi connectivity index (χ1) is 15.3. The summed E-state index contributed by atoms with van der Waals surface area (Å²) >= 11 is 0. The lowest BCUT2D eigenvalue weighted by Gasteiger charge is -2.18. The summed E-state index contributed by atoms with van der Waals surface area (Å²) in [5.41, 5.74) is 2.79. The summed E-state index contributed by atoms with van der Waals surface area (Å²) in [6.45, 7) is 1.55. The predicted octanol–water partition coefficient (Wildman–Crippen LogP) is 5.68. The van der Waals surface area contributed by atoms with E-state index in [1.165, 1.54) is 10.9 Å². The Kier molecular flexibility index (Phi) is 4.52. The topological polar surface area (TPSA) is 67.4 Å². The minimum Gasteiger partial charge on any atom is -0.271 e. The number of aromatic nitrogens is 4. The Labute approximate surface area is 182 Å². The third kappa shape index (κ3) is 3.40. The number of rotatable bonds is 4. The molecular weight excluding hydrogens is 415 g/mol. The molecule has 0 bridgehead atoms. The van der Waals surface area contributed by atoms with Gasteiger partial charge in [0.25, 0.3) is 0 Å². The Balaban J connectivity index is 1.59. The van der Waals surface area contributed by atoms with Gasteiger partial charge < -0.3 is 0 Å². The number of nitrogens with zero attached hydrogens (tertiary/aromatic N) is 5. The molecule has 0 N–H and O–H groups in total. The van der Waals surface area contributed by atoms with Crippen molar-refractivity contribution in [2.45, 2.75) is 32.5 Å². The number of alkyl halides is 3. The molecule has 0 amide bonds. The van der Waals surface area contributed by atoms with Crippen molar-refractivity contribution in [1.29, 1.82) is 5.26 Å². The lowest BCUT2D eigenvalue weighted by Crippen LogP contribution is -2.29. The molecule has 1 fully saturated rings. The van der Waals surface area contributed by atoms with Crippen LogP contribution in [0.5, 0.6) is 0 Å². The number of pyridine rings is 2. The van der Waals surface area contributed by atoms with Crippen molar-refractivity contribution in [3.05, 3.63) is 66.2 Å². The number of hydrogen-bond donors (Lipinski definition) is 0. The predicted molar refractivity (Wildman–Crippen MR) is 113 cm³/mol. The second-order valence-electron chi connectivity index (χ2n) is 8.24. The molecule has 3 aromatic heterocycles.